The van der Waals surface area contributed by atoms with E-state index in [4.69, 9.17) is 4.98 Å². The van der Waals surface area contributed by atoms with Gasteiger partial charge >= 0.3 is 0 Å². The van der Waals surface area contributed by atoms with Crippen molar-refractivity contribution in [2.24, 2.45) is 0 Å². The van der Waals surface area contributed by atoms with Gasteiger partial charge < -0.3 is 10.2 Å². The lowest BCUT2D eigenvalue weighted by molar-refractivity contribution is -0.920. The van der Waals surface area contributed by atoms with Crippen molar-refractivity contribution in [1.82, 2.24) is 10.3 Å². The zero-order valence-corrected chi connectivity index (χ0v) is 17.5. The summed E-state index contributed by atoms with van der Waals surface area (Å²) in [5.74, 6) is 0.278. The number of nitrogens with zero attached hydrogens (tertiary/aromatic N) is 1. The number of fused-ring (bicyclic) bond motifs is 1. The maximum absolute atomic E-state index is 13.0. The number of halogens is 1. The molecule has 3 aromatic rings. The number of hydrogen-bond donors (Lipinski definition) is 2. The molecule has 1 unspecified atom stereocenters. The van der Waals surface area contributed by atoms with Gasteiger partial charge in [0.25, 0.3) is 5.91 Å². The smallest absolute Gasteiger partial charge is 0.278 e. The molecule has 1 fully saturated rings. The van der Waals surface area contributed by atoms with Crippen molar-refractivity contribution >= 4 is 27.5 Å². The quantitative estimate of drug-likeness (QED) is 0.654. The number of carbonyl (C=O) groups is 1. The SMILES string of the molecule is C[C@@H](C(=O)NCCc1ccc(F)cc1)[NH+]1CCC[C@H](c2nc3ccccc3s2)C1. The van der Waals surface area contributed by atoms with Crippen LogP contribution in [0.1, 0.15) is 36.3 Å². The Hall–Kier alpha value is -2.31. The molecule has 0 spiro atoms. The summed E-state index contributed by atoms with van der Waals surface area (Å²) < 4.78 is 14.2. The summed E-state index contributed by atoms with van der Waals surface area (Å²) in [6.45, 7) is 4.56. The van der Waals surface area contributed by atoms with Crippen LogP contribution < -0.4 is 10.2 Å². The summed E-state index contributed by atoms with van der Waals surface area (Å²) in [7, 11) is 0. The minimum Gasteiger partial charge on any atom is -0.351 e. The molecule has 1 saturated heterocycles. The largest absolute Gasteiger partial charge is 0.351 e. The molecular formula is C23H27FN3OS+. The Bertz CT molecular complexity index is 939. The second kappa shape index (κ2) is 9.01. The molecule has 4 nitrogen and oxygen atoms in total. The fourth-order valence-electron chi connectivity index (χ4n) is 4.08. The molecule has 0 saturated carbocycles. The van der Waals surface area contributed by atoms with Crippen LogP contribution in [0.2, 0.25) is 0 Å². The number of benzene rings is 2. The third-order valence-electron chi connectivity index (χ3n) is 5.85. The summed E-state index contributed by atoms with van der Waals surface area (Å²) in [6.07, 6.45) is 2.97. The number of nitrogens with one attached hydrogen (secondary N) is 2. The molecule has 152 valence electrons. The van der Waals surface area contributed by atoms with Crippen molar-refractivity contribution in [3.8, 4) is 0 Å². The predicted octanol–water partition coefficient (Wildman–Crippen LogP) is 2.95. The van der Waals surface area contributed by atoms with E-state index in [0.717, 1.165) is 37.0 Å². The number of carbonyl (C=O) groups excluding carboxylic acids is 1. The molecule has 1 aliphatic rings. The number of likely N-dealkylation sites (tertiary alicyclic amines) is 1. The fourth-order valence-corrected chi connectivity index (χ4v) is 5.19. The maximum atomic E-state index is 13.0. The van der Waals surface area contributed by atoms with E-state index in [0.29, 0.717) is 18.9 Å². The van der Waals surface area contributed by atoms with Crippen molar-refractivity contribution in [1.29, 1.82) is 0 Å². The molecule has 2 aromatic carbocycles. The number of para-hydroxylation sites is 1. The van der Waals surface area contributed by atoms with Gasteiger partial charge in [0.2, 0.25) is 0 Å². The van der Waals surface area contributed by atoms with E-state index in [1.807, 2.05) is 13.0 Å². The van der Waals surface area contributed by atoms with Crippen molar-refractivity contribution in [3.63, 3.8) is 0 Å². The molecule has 2 heterocycles. The van der Waals surface area contributed by atoms with Gasteiger partial charge in [-0.25, -0.2) is 9.37 Å². The first-order valence-corrected chi connectivity index (χ1v) is 11.1. The molecule has 6 heteroatoms. The van der Waals surface area contributed by atoms with Crippen LogP contribution >= 0.6 is 11.3 Å². The average Bonchev–Trinajstić information content (AvgIpc) is 3.19. The van der Waals surface area contributed by atoms with Gasteiger partial charge in [-0.05, 0) is 56.0 Å². The molecule has 1 aromatic heterocycles. The van der Waals surface area contributed by atoms with E-state index < -0.39 is 0 Å². The van der Waals surface area contributed by atoms with E-state index >= 15 is 0 Å². The van der Waals surface area contributed by atoms with Gasteiger partial charge in [-0.2, -0.15) is 0 Å². The lowest BCUT2D eigenvalue weighted by atomic mass is 9.97. The first kappa shape index (κ1) is 20.0. The van der Waals surface area contributed by atoms with Gasteiger partial charge in [-0.3, -0.25) is 4.79 Å². The first-order valence-electron chi connectivity index (χ1n) is 10.3. The van der Waals surface area contributed by atoms with Crippen LogP contribution in [0.3, 0.4) is 0 Å². The highest BCUT2D eigenvalue weighted by Gasteiger charge is 2.32. The van der Waals surface area contributed by atoms with Gasteiger partial charge in [-0.15, -0.1) is 11.3 Å². The van der Waals surface area contributed by atoms with Crippen LogP contribution in [0.15, 0.2) is 48.5 Å². The molecule has 4 rings (SSSR count). The highest BCUT2D eigenvalue weighted by molar-refractivity contribution is 7.18. The Morgan fingerprint density at radius 3 is 2.86 bits per heavy atom. The number of thiazole rings is 1. The molecule has 0 radical (unpaired) electrons. The topological polar surface area (TPSA) is 46.4 Å². The van der Waals surface area contributed by atoms with Gasteiger partial charge in [0.1, 0.15) is 10.8 Å². The fraction of sp³-hybridized carbons (Fsp3) is 0.391. The van der Waals surface area contributed by atoms with E-state index in [-0.39, 0.29) is 17.8 Å². The number of amides is 1. The van der Waals surface area contributed by atoms with E-state index in [1.165, 1.54) is 26.7 Å². The monoisotopic (exact) mass is 412 g/mol. The Morgan fingerprint density at radius 2 is 2.07 bits per heavy atom. The Morgan fingerprint density at radius 1 is 1.28 bits per heavy atom. The van der Waals surface area contributed by atoms with Gasteiger partial charge in [0, 0.05) is 6.54 Å². The normalized spacial score (nSPS) is 20.5. The highest BCUT2D eigenvalue weighted by atomic mass is 32.1. The van der Waals surface area contributed by atoms with Crippen LogP contribution in [0, 0.1) is 5.82 Å². The molecule has 2 N–H and O–H groups in total. The second-order valence-electron chi connectivity index (χ2n) is 7.86. The Kier molecular flexibility index (Phi) is 6.21. The zero-order valence-electron chi connectivity index (χ0n) is 16.7. The molecule has 3 atom stereocenters. The summed E-state index contributed by atoms with van der Waals surface area (Å²) in [5.41, 5.74) is 2.10. The molecule has 29 heavy (non-hydrogen) atoms. The molecule has 0 bridgehead atoms. The minimum atomic E-state index is -0.234. The van der Waals surface area contributed by atoms with Crippen LogP contribution in [0.25, 0.3) is 10.2 Å². The van der Waals surface area contributed by atoms with Crippen LogP contribution in [0.4, 0.5) is 4.39 Å². The van der Waals surface area contributed by atoms with Crippen molar-refractivity contribution in [2.75, 3.05) is 19.6 Å². The number of piperidine rings is 1. The van der Waals surface area contributed by atoms with Crippen molar-refractivity contribution in [2.45, 2.75) is 38.1 Å². The first-order chi connectivity index (χ1) is 14.1. The standard InChI is InChI=1S/C23H26FN3OS/c1-16(22(28)25-13-12-17-8-10-19(24)11-9-17)27-14-4-5-18(15-27)23-26-20-6-2-3-7-21(20)29-23/h2-3,6-11,16,18H,4-5,12-15H2,1H3,(H,25,28)/p+1/t16-,18-/m0/s1. The molecule has 1 aliphatic heterocycles. The number of quaternary nitrogens is 1. The molecule has 1 amide bonds. The minimum absolute atomic E-state index is 0.0830. The Balaban J connectivity index is 1.32. The average molecular weight is 413 g/mol. The van der Waals surface area contributed by atoms with Gasteiger partial charge in [0.05, 0.1) is 29.2 Å². The van der Waals surface area contributed by atoms with E-state index in [2.05, 4.69) is 23.5 Å². The van der Waals surface area contributed by atoms with Gasteiger partial charge in [0.15, 0.2) is 6.04 Å². The summed E-state index contributed by atoms with van der Waals surface area (Å²) in [6, 6.07) is 14.7. The van der Waals surface area contributed by atoms with Crippen LogP contribution in [-0.2, 0) is 11.2 Å². The maximum Gasteiger partial charge on any atom is 0.278 e. The highest BCUT2D eigenvalue weighted by Crippen LogP contribution is 2.30. The number of rotatable bonds is 6. The summed E-state index contributed by atoms with van der Waals surface area (Å²) >= 11 is 1.79. The van der Waals surface area contributed by atoms with Crippen molar-refractivity contribution < 1.29 is 14.1 Å². The molecule has 0 aliphatic carbocycles. The Labute approximate surface area is 174 Å². The third-order valence-corrected chi connectivity index (χ3v) is 7.05. The second-order valence-corrected chi connectivity index (χ2v) is 8.92. The van der Waals surface area contributed by atoms with E-state index in [9.17, 15) is 9.18 Å². The van der Waals surface area contributed by atoms with Crippen molar-refractivity contribution in [3.05, 3.63) is 64.9 Å². The number of hydrogen-bond acceptors (Lipinski definition) is 3. The van der Waals surface area contributed by atoms with Crippen LogP contribution in [-0.4, -0.2) is 36.6 Å². The summed E-state index contributed by atoms with van der Waals surface area (Å²) in [4.78, 5) is 18.8. The summed E-state index contributed by atoms with van der Waals surface area (Å²) in [5, 5.41) is 4.25. The van der Waals surface area contributed by atoms with Crippen LogP contribution in [0.5, 0.6) is 0 Å². The molecular weight excluding hydrogens is 385 g/mol. The predicted molar refractivity (Wildman–Crippen MR) is 115 cm³/mol. The van der Waals surface area contributed by atoms with E-state index in [1.54, 1.807) is 23.5 Å². The van der Waals surface area contributed by atoms with Gasteiger partial charge in [-0.1, -0.05) is 24.3 Å². The third kappa shape index (κ3) is 4.82. The lowest BCUT2D eigenvalue weighted by Crippen LogP contribution is -3.17. The lowest BCUT2D eigenvalue weighted by Gasteiger charge is -2.32. The zero-order chi connectivity index (χ0) is 20.2. The number of aromatic nitrogens is 1.